The van der Waals surface area contributed by atoms with Crippen molar-refractivity contribution in [3.05, 3.63) is 45.9 Å². The summed E-state index contributed by atoms with van der Waals surface area (Å²) >= 11 is 3.31. The Kier molecular flexibility index (Phi) is 3.77. The molecule has 98 valence electrons. The van der Waals surface area contributed by atoms with Gasteiger partial charge in [-0.25, -0.2) is 4.39 Å². The fraction of sp³-hybridized carbons (Fsp3) is 0.267. The van der Waals surface area contributed by atoms with Gasteiger partial charge in [0.2, 0.25) is 0 Å². The molecular formula is C15H12BrFO2. The number of carbonyl (C=O) groups excluding carboxylic acids is 1. The zero-order chi connectivity index (χ0) is 14.0. The van der Waals surface area contributed by atoms with Gasteiger partial charge in [-0.1, -0.05) is 28.1 Å². The molecule has 0 amide bonds. The van der Waals surface area contributed by atoms with E-state index in [1.54, 1.807) is 19.1 Å². The molecule has 0 aliphatic carbocycles. The van der Waals surface area contributed by atoms with Gasteiger partial charge in [-0.2, -0.15) is 0 Å². The lowest BCUT2D eigenvalue weighted by Crippen LogP contribution is -2.31. The standard InChI is InChI=1S/C15H12BrFO2/c1-3-8-15(11-4-6-12(17)7-5-11)9-13(10(2)16)19-14(15)18/h1,4-7H,8-9H2,2H3/b13-10+. The first kappa shape index (κ1) is 13.8. The maximum absolute atomic E-state index is 13.0. The van der Waals surface area contributed by atoms with E-state index in [1.165, 1.54) is 12.1 Å². The number of rotatable bonds is 2. The second kappa shape index (κ2) is 5.18. The number of cyclic esters (lactones) is 1. The van der Waals surface area contributed by atoms with Gasteiger partial charge in [-0.3, -0.25) is 4.79 Å². The predicted molar refractivity (Wildman–Crippen MR) is 73.9 cm³/mol. The summed E-state index contributed by atoms with van der Waals surface area (Å²) in [6, 6.07) is 5.81. The topological polar surface area (TPSA) is 26.3 Å². The first-order valence-corrected chi connectivity index (χ1v) is 6.56. The average molecular weight is 323 g/mol. The van der Waals surface area contributed by atoms with Crippen molar-refractivity contribution in [1.82, 2.24) is 0 Å². The molecule has 2 rings (SSSR count). The third kappa shape index (κ3) is 2.43. The van der Waals surface area contributed by atoms with Crippen LogP contribution >= 0.6 is 15.9 Å². The summed E-state index contributed by atoms with van der Waals surface area (Å²) in [7, 11) is 0. The van der Waals surface area contributed by atoms with Crippen molar-refractivity contribution in [3.63, 3.8) is 0 Å². The fourth-order valence-electron chi connectivity index (χ4n) is 2.18. The van der Waals surface area contributed by atoms with E-state index >= 15 is 0 Å². The first-order valence-electron chi connectivity index (χ1n) is 5.76. The Balaban J connectivity index is 2.51. The largest absolute Gasteiger partial charge is 0.429 e. The molecule has 0 bridgehead atoms. The average Bonchev–Trinajstić information content (AvgIpc) is 2.69. The fourth-order valence-corrected chi connectivity index (χ4v) is 2.40. The highest BCUT2D eigenvalue weighted by Crippen LogP contribution is 2.43. The van der Waals surface area contributed by atoms with Gasteiger partial charge in [0.05, 0.1) is 0 Å². The van der Waals surface area contributed by atoms with Gasteiger partial charge >= 0.3 is 5.97 Å². The summed E-state index contributed by atoms with van der Waals surface area (Å²) in [6.07, 6.45) is 6.00. The lowest BCUT2D eigenvalue weighted by atomic mass is 9.76. The highest BCUT2D eigenvalue weighted by molar-refractivity contribution is 9.11. The van der Waals surface area contributed by atoms with Gasteiger partial charge in [-0.05, 0) is 24.6 Å². The van der Waals surface area contributed by atoms with E-state index in [4.69, 9.17) is 11.2 Å². The Morgan fingerprint density at radius 3 is 2.63 bits per heavy atom. The van der Waals surface area contributed by atoms with Crippen LogP contribution < -0.4 is 0 Å². The van der Waals surface area contributed by atoms with Crippen LogP contribution in [0.5, 0.6) is 0 Å². The molecule has 1 unspecified atom stereocenters. The molecule has 0 aromatic heterocycles. The van der Waals surface area contributed by atoms with Gasteiger partial charge in [0.15, 0.2) is 0 Å². The van der Waals surface area contributed by atoms with Crippen LogP contribution in [0.25, 0.3) is 0 Å². The molecule has 1 aliphatic heterocycles. The minimum absolute atomic E-state index is 0.223. The minimum Gasteiger partial charge on any atom is -0.429 e. The summed E-state index contributed by atoms with van der Waals surface area (Å²) in [5.41, 5.74) is -0.229. The van der Waals surface area contributed by atoms with E-state index in [2.05, 4.69) is 21.9 Å². The molecule has 1 aromatic rings. The molecule has 4 heteroatoms. The Morgan fingerprint density at radius 1 is 1.53 bits per heavy atom. The molecular weight excluding hydrogens is 311 g/mol. The number of hydrogen-bond acceptors (Lipinski definition) is 2. The van der Waals surface area contributed by atoms with E-state index < -0.39 is 5.41 Å². The molecule has 0 N–H and O–H groups in total. The zero-order valence-electron chi connectivity index (χ0n) is 10.4. The smallest absolute Gasteiger partial charge is 0.323 e. The number of ether oxygens (including phenoxy) is 1. The highest BCUT2D eigenvalue weighted by atomic mass is 79.9. The van der Waals surface area contributed by atoms with Crippen LogP contribution in [-0.2, 0) is 14.9 Å². The summed E-state index contributed by atoms with van der Waals surface area (Å²) in [5.74, 6) is 2.36. The molecule has 0 spiro atoms. The van der Waals surface area contributed by atoms with E-state index in [-0.39, 0.29) is 18.2 Å². The number of esters is 1. The predicted octanol–water partition coefficient (Wildman–Crippen LogP) is 3.66. The maximum atomic E-state index is 13.0. The summed E-state index contributed by atoms with van der Waals surface area (Å²) in [6.45, 7) is 1.80. The van der Waals surface area contributed by atoms with Crippen LogP contribution in [0.4, 0.5) is 4.39 Å². The molecule has 0 saturated carbocycles. The van der Waals surface area contributed by atoms with E-state index in [0.717, 1.165) is 4.48 Å². The van der Waals surface area contributed by atoms with Crippen molar-refractivity contribution >= 4 is 21.9 Å². The number of halogens is 2. The van der Waals surface area contributed by atoms with Gasteiger partial charge in [-0.15, -0.1) is 12.3 Å². The molecule has 1 atom stereocenters. The van der Waals surface area contributed by atoms with Crippen molar-refractivity contribution in [2.24, 2.45) is 0 Å². The Morgan fingerprint density at radius 2 is 2.16 bits per heavy atom. The molecule has 1 fully saturated rings. The Hall–Kier alpha value is -1.60. The number of terminal acetylenes is 1. The van der Waals surface area contributed by atoms with Crippen molar-refractivity contribution in [2.45, 2.75) is 25.2 Å². The van der Waals surface area contributed by atoms with E-state index in [1.807, 2.05) is 0 Å². The van der Waals surface area contributed by atoms with Gasteiger partial charge in [0.1, 0.15) is 17.0 Å². The molecule has 1 aliphatic rings. The lowest BCUT2D eigenvalue weighted by molar-refractivity contribution is -0.140. The van der Waals surface area contributed by atoms with E-state index in [9.17, 15) is 9.18 Å². The number of benzene rings is 1. The van der Waals surface area contributed by atoms with Gasteiger partial charge in [0, 0.05) is 17.3 Å². The van der Waals surface area contributed by atoms with Crippen molar-refractivity contribution < 1.29 is 13.9 Å². The van der Waals surface area contributed by atoms with Crippen LogP contribution in [-0.4, -0.2) is 5.97 Å². The van der Waals surface area contributed by atoms with Crippen LogP contribution in [0.3, 0.4) is 0 Å². The monoisotopic (exact) mass is 322 g/mol. The van der Waals surface area contributed by atoms with Crippen LogP contribution in [0, 0.1) is 18.2 Å². The van der Waals surface area contributed by atoms with Gasteiger partial charge < -0.3 is 4.74 Å². The van der Waals surface area contributed by atoms with Crippen molar-refractivity contribution in [3.8, 4) is 12.3 Å². The first-order chi connectivity index (χ1) is 8.99. The lowest BCUT2D eigenvalue weighted by Gasteiger charge is -2.22. The Bertz CT molecular complexity index is 579. The van der Waals surface area contributed by atoms with Crippen LogP contribution in [0.2, 0.25) is 0 Å². The Labute approximate surface area is 119 Å². The molecule has 1 aromatic carbocycles. The number of hydrogen-bond donors (Lipinski definition) is 0. The summed E-state index contributed by atoms with van der Waals surface area (Å²) in [4.78, 5) is 12.2. The SMILES string of the molecule is C#CCC1(c2ccc(F)cc2)C/C(=C(/C)Br)OC1=O. The second-order valence-electron chi connectivity index (χ2n) is 4.49. The van der Waals surface area contributed by atoms with E-state index in [0.29, 0.717) is 17.7 Å². The third-order valence-corrected chi connectivity index (χ3v) is 3.70. The zero-order valence-corrected chi connectivity index (χ0v) is 12.0. The quantitative estimate of drug-likeness (QED) is 0.613. The number of carbonyl (C=O) groups is 1. The van der Waals surface area contributed by atoms with Crippen LogP contribution in [0.1, 0.15) is 25.3 Å². The normalized spacial score (nSPS) is 24.8. The highest BCUT2D eigenvalue weighted by Gasteiger charge is 2.48. The van der Waals surface area contributed by atoms with Crippen molar-refractivity contribution in [2.75, 3.05) is 0 Å². The molecule has 19 heavy (non-hydrogen) atoms. The molecule has 1 saturated heterocycles. The maximum Gasteiger partial charge on any atom is 0.323 e. The molecule has 0 radical (unpaired) electrons. The second-order valence-corrected chi connectivity index (χ2v) is 5.68. The minimum atomic E-state index is -0.910. The summed E-state index contributed by atoms with van der Waals surface area (Å²) in [5, 5.41) is 0. The molecule has 2 nitrogen and oxygen atoms in total. The summed E-state index contributed by atoms with van der Waals surface area (Å²) < 4.78 is 19.1. The number of allylic oxidation sites excluding steroid dienone is 2. The molecule has 1 heterocycles. The van der Waals surface area contributed by atoms with Crippen LogP contribution in [0.15, 0.2) is 34.5 Å². The van der Waals surface area contributed by atoms with Crippen molar-refractivity contribution in [1.29, 1.82) is 0 Å². The van der Waals surface area contributed by atoms with Gasteiger partial charge in [0.25, 0.3) is 0 Å². The third-order valence-electron chi connectivity index (χ3n) is 3.25.